The van der Waals surface area contributed by atoms with Crippen molar-refractivity contribution in [1.82, 2.24) is 0 Å². The van der Waals surface area contributed by atoms with E-state index in [0.717, 1.165) is 17.2 Å². The van der Waals surface area contributed by atoms with Gasteiger partial charge < -0.3 is 9.15 Å². The molecular weight excluding hydrogens is 344 g/mol. The number of aldehydes is 2. The van der Waals surface area contributed by atoms with Gasteiger partial charge >= 0.3 is 0 Å². The molecule has 5 nitrogen and oxygen atoms in total. The molecule has 0 amide bonds. The van der Waals surface area contributed by atoms with Gasteiger partial charge in [0.2, 0.25) is 0 Å². The summed E-state index contributed by atoms with van der Waals surface area (Å²) in [6.45, 7) is 0. The van der Waals surface area contributed by atoms with Crippen molar-refractivity contribution in [3.05, 3.63) is 75.9 Å². The Morgan fingerprint density at radius 1 is 0.889 bits per heavy atom. The van der Waals surface area contributed by atoms with Crippen LogP contribution in [0.4, 0.5) is 0 Å². The predicted octanol–water partition coefficient (Wildman–Crippen LogP) is 4.20. The molecule has 1 aliphatic carbocycles. The number of methoxy groups -OCH3 is 1. The van der Waals surface area contributed by atoms with Crippen LogP contribution >= 0.6 is 0 Å². The second-order valence-corrected chi connectivity index (χ2v) is 6.08. The molecule has 132 valence electrons. The van der Waals surface area contributed by atoms with Gasteiger partial charge in [0.15, 0.2) is 11.7 Å². The zero-order valence-corrected chi connectivity index (χ0v) is 14.4. The lowest BCUT2D eigenvalue weighted by Gasteiger charge is -2.16. The van der Waals surface area contributed by atoms with Crippen molar-refractivity contribution in [2.45, 2.75) is 0 Å². The number of ether oxygens (including phenoxy) is 1. The lowest BCUT2D eigenvalue weighted by molar-refractivity contribution is 0.112. The monoisotopic (exact) mass is 358 g/mol. The third-order valence-electron chi connectivity index (χ3n) is 4.51. The second-order valence-electron chi connectivity index (χ2n) is 6.08. The molecule has 5 heteroatoms. The van der Waals surface area contributed by atoms with Crippen LogP contribution in [0.15, 0.2) is 63.8 Å². The van der Waals surface area contributed by atoms with E-state index in [0.29, 0.717) is 45.6 Å². The molecule has 0 unspecified atom stereocenters. The minimum absolute atomic E-state index is 0.175. The van der Waals surface area contributed by atoms with Crippen LogP contribution in [0, 0.1) is 0 Å². The smallest absolute Gasteiger partial charge is 0.182 e. The molecule has 4 rings (SSSR count). The Bertz CT molecular complexity index is 1220. The molecule has 27 heavy (non-hydrogen) atoms. The maximum absolute atomic E-state index is 11.8. The van der Waals surface area contributed by atoms with Gasteiger partial charge in [0.05, 0.1) is 7.11 Å². The van der Waals surface area contributed by atoms with E-state index in [2.05, 4.69) is 0 Å². The Hall–Kier alpha value is -3.73. The van der Waals surface area contributed by atoms with Gasteiger partial charge in [-0.1, -0.05) is 12.1 Å². The number of rotatable bonds is 4. The Morgan fingerprint density at radius 3 is 2.44 bits per heavy atom. The third-order valence-corrected chi connectivity index (χ3v) is 4.51. The molecule has 0 aromatic heterocycles. The summed E-state index contributed by atoms with van der Waals surface area (Å²) in [5.41, 5.74) is 3.27. The fourth-order valence-electron chi connectivity index (χ4n) is 3.25. The average Bonchev–Trinajstić information content (AvgIpc) is 2.71. The molecule has 1 heterocycles. The van der Waals surface area contributed by atoms with Gasteiger partial charge in [-0.3, -0.25) is 14.4 Å². The van der Waals surface area contributed by atoms with E-state index in [-0.39, 0.29) is 5.43 Å². The van der Waals surface area contributed by atoms with Crippen molar-refractivity contribution in [1.29, 1.82) is 0 Å². The van der Waals surface area contributed by atoms with Crippen LogP contribution in [0.2, 0.25) is 0 Å². The molecule has 0 N–H and O–H groups in total. The first-order chi connectivity index (χ1) is 13.1. The molecule has 0 saturated carbocycles. The summed E-state index contributed by atoms with van der Waals surface area (Å²) in [7, 11) is 1.56. The highest BCUT2D eigenvalue weighted by Crippen LogP contribution is 2.41. The van der Waals surface area contributed by atoms with E-state index in [1.165, 1.54) is 12.1 Å². The minimum atomic E-state index is -0.175. The quantitative estimate of drug-likeness (QED) is 0.404. The van der Waals surface area contributed by atoms with Crippen LogP contribution in [-0.2, 0) is 0 Å². The van der Waals surface area contributed by atoms with E-state index in [1.807, 2.05) is 6.07 Å². The molecule has 2 aliphatic rings. The first-order valence-electron chi connectivity index (χ1n) is 8.24. The van der Waals surface area contributed by atoms with Crippen LogP contribution in [0.1, 0.15) is 20.7 Å². The van der Waals surface area contributed by atoms with E-state index >= 15 is 0 Å². The van der Waals surface area contributed by atoms with Crippen LogP contribution < -0.4 is 10.2 Å². The molecule has 0 spiro atoms. The number of carbonyl (C=O) groups excluding carboxylic acids is 2. The SMILES string of the molecule is COc1ccc2c(-c3ccc(C=O)cc3C=O)c3ccc(=O)cc-3oc2c1. The summed E-state index contributed by atoms with van der Waals surface area (Å²) >= 11 is 0. The fourth-order valence-corrected chi connectivity index (χ4v) is 3.25. The summed E-state index contributed by atoms with van der Waals surface area (Å²) in [6, 6.07) is 14.9. The van der Waals surface area contributed by atoms with Crippen LogP contribution in [-0.4, -0.2) is 19.7 Å². The Kier molecular flexibility index (Phi) is 4.05. The van der Waals surface area contributed by atoms with E-state index < -0.39 is 0 Å². The Morgan fingerprint density at radius 2 is 1.70 bits per heavy atom. The van der Waals surface area contributed by atoms with E-state index in [1.54, 1.807) is 43.5 Å². The molecule has 0 bridgehead atoms. The van der Waals surface area contributed by atoms with Crippen molar-refractivity contribution < 1.29 is 18.7 Å². The van der Waals surface area contributed by atoms with Gasteiger partial charge in [-0.15, -0.1) is 0 Å². The molecule has 0 radical (unpaired) electrons. The molecule has 1 aliphatic heterocycles. The van der Waals surface area contributed by atoms with Gasteiger partial charge in [-0.05, 0) is 35.9 Å². The van der Waals surface area contributed by atoms with Gasteiger partial charge in [-0.2, -0.15) is 0 Å². The van der Waals surface area contributed by atoms with Gasteiger partial charge in [0, 0.05) is 39.8 Å². The number of carbonyl (C=O) groups is 2. The summed E-state index contributed by atoms with van der Waals surface area (Å²) in [6.07, 6.45) is 1.41. The predicted molar refractivity (Wildman–Crippen MR) is 102 cm³/mol. The van der Waals surface area contributed by atoms with Crippen LogP contribution in [0.5, 0.6) is 5.75 Å². The first kappa shape index (κ1) is 16.7. The van der Waals surface area contributed by atoms with Gasteiger partial charge in [0.1, 0.15) is 23.4 Å². The van der Waals surface area contributed by atoms with Crippen LogP contribution in [0.25, 0.3) is 33.4 Å². The van der Waals surface area contributed by atoms with E-state index in [9.17, 15) is 14.4 Å². The summed E-state index contributed by atoms with van der Waals surface area (Å²) < 4.78 is 11.2. The Balaban J connectivity index is 2.16. The summed E-state index contributed by atoms with van der Waals surface area (Å²) in [5.74, 6) is 1.02. The van der Waals surface area contributed by atoms with Crippen molar-refractivity contribution in [2.24, 2.45) is 0 Å². The number of hydrogen-bond donors (Lipinski definition) is 0. The maximum atomic E-state index is 11.8. The maximum Gasteiger partial charge on any atom is 0.182 e. The standard InChI is InChI=1S/C22H14O5/c1-26-16-4-7-19-21(10-16)27-20-9-15(25)3-6-18(20)22(19)17-5-2-13(11-23)8-14(17)12-24/h2-12H,1H3. The van der Waals surface area contributed by atoms with Crippen molar-refractivity contribution in [2.75, 3.05) is 7.11 Å². The highest BCUT2D eigenvalue weighted by atomic mass is 16.5. The van der Waals surface area contributed by atoms with Crippen LogP contribution in [0.3, 0.4) is 0 Å². The minimum Gasteiger partial charge on any atom is -0.497 e. The van der Waals surface area contributed by atoms with Gasteiger partial charge in [-0.25, -0.2) is 0 Å². The lowest BCUT2D eigenvalue weighted by atomic mass is 9.90. The fraction of sp³-hybridized carbons (Fsp3) is 0.0455. The summed E-state index contributed by atoms with van der Waals surface area (Å²) in [5, 5.41) is 0.768. The third kappa shape index (κ3) is 2.79. The lowest BCUT2D eigenvalue weighted by Crippen LogP contribution is -2.01. The highest BCUT2D eigenvalue weighted by Gasteiger charge is 2.20. The van der Waals surface area contributed by atoms with Crippen molar-refractivity contribution in [3.8, 4) is 28.2 Å². The summed E-state index contributed by atoms with van der Waals surface area (Å²) in [4.78, 5) is 34.6. The number of hydrogen-bond acceptors (Lipinski definition) is 5. The number of benzene rings is 3. The molecule has 0 saturated heterocycles. The topological polar surface area (TPSA) is 73.6 Å². The second kappa shape index (κ2) is 6.53. The van der Waals surface area contributed by atoms with E-state index in [4.69, 9.17) is 9.15 Å². The molecule has 2 aromatic carbocycles. The van der Waals surface area contributed by atoms with Crippen molar-refractivity contribution in [3.63, 3.8) is 0 Å². The zero-order chi connectivity index (χ0) is 19.0. The molecule has 0 atom stereocenters. The average molecular weight is 358 g/mol. The van der Waals surface area contributed by atoms with Crippen molar-refractivity contribution >= 4 is 23.5 Å². The normalized spacial score (nSPS) is 10.9. The molecule has 2 aromatic rings. The molecular formula is C22H14O5. The van der Waals surface area contributed by atoms with Gasteiger partial charge in [0.25, 0.3) is 0 Å². The largest absolute Gasteiger partial charge is 0.497 e. The number of fused-ring (bicyclic) bond motifs is 2. The first-order valence-corrected chi connectivity index (χ1v) is 8.24. The molecule has 0 fully saturated rings. The highest BCUT2D eigenvalue weighted by molar-refractivity contribution is 6.06. The zero-order valence-electron chi connectivity index (χ0n) is 14.4. The Labute approximate surface area is 154 Å².